The number of hydrogen-bond donors (Lipinski definition) is 2. The van der Waals surface area contributed by atoms with Gasteiger partial charge >= 0.3 is 0 Å². The van der Waals surface area contributed by atoms with Crippen molar-refractivity contribution in [3.8, 4) is 5.69 Å². The topological polar surface area (TPSA) is 102 Å². The van der Waals surface area contributed by atoms with Crippen molar-refractivity contribution in [2.24, 2.45) is 0 Å². The summed E-state index contributed by atoms with van der Waals surface area (Å²) < 4.78 is 1.58. The predicted molar refractivity (Wildman–Crippen MR) is 111 cm³/mol. The number of thioether (sulfide) groups is 1. The fourth-order valence-electron chi connectivity index (χ4n) is 2.51. The maximum Gasteiger partial charge on any atom is 0.269 e. The normalized spacial score (nSPS) is 11.9. The van der Waals surface area contributed by atoms with Crippen LogP contribution in [-0.2, 0) is 4.79 Å². The summed E-state index contributed by atoms with van der Waals surface area (Å²) in [5, 5.41) is 11.7. The van der Waals surface area contributed by atoms with Crippen LogP contribution in [0.2, 0.25) is 0 Å². The average molecular weight is 411 g/mol. The highest BCUT2D eigenvalue weighted by atomic mass is 32.2. The van der Waals surface area contributed by atoms with E-state index in [4.69, 9.17) is 0 Å². The average Bonchev–Trinajstić information content (AvgIpc) is 3.20. The summed E-state index contributed by atoms with van der Waals surface area (Å²) in [5.41, 5.74) is 7.34. The van der Waals surface area contributed by atoms with E-state index in [1.54, 1.807) is 35.9 Å². The van der Waals surface area contributed by atoms with E-state index in [0.29, 0.717) is 16.6 Å². The summed E-state index contributed by atoms with van der Waals surface area (Å²) in [7, 11) is 0. The molecule has 2 aromatic carbocycles. The Balaban J connectivity index is 1.61. The minimum absolute atomic E-state index is 0.357. The van der Waals surface area contributed by atoms with E-state index in [-0.39, 0.29) is 11.8 Å². The molecule has 0 spiro atoms. The van der Waals surface area contributed by atoms with Crippen LogP contribution < -0.4 is 10.9 Å². The third-order valence-corrected chi connectivity index (χ3v) is 5.26. The van der Waals surface area contributed by atoms with Crippen LogP contribution in [0.3, 0.4) is 0 Å². The van der Waals surface area contributed by atoms with Crippen molar-refractivity contribution < 1.29 is 9.59 Å². The van der Waals surface area contributed by atoms with Gasteiger partial charge in [-0.2, -0.15) is 4.68 Å². The number of nitrogens with zero attached hydrogens (tertiary/aromatic N) is 4. The molecule has 0 saturated carbocycles. The van der Waals surface area contributed by atoms with E-state index in [1.165, 1.54) is 17.3 Å². The number of hydrazine groups is 1. The number of benzene rings is 2. The SMILES string of the molecule is CC(C)c1ccc(-n2nnnc2S[C@H](C)C(=O)NNC(=O)c2ccccc2)cc1. The van der Waals surface area contributed by atoms with Gasteiger partial charge in [0.05, 0.1) is 10.9 Å². The number of carbonyl (C=O) groups excluding carboxylic acids is 2. The molecule has 3 aromatic rings. The van der Waals surface area contributed by atoms with Gasteiger partial charge in [-0.3, -0.25) is 20.4 Å². The van der Waals surface area contributed by atoms with Crippen LogP contribution in [0, 0.1) is 0 Å². The van der Waals surface area contributed by atoms with Crippen molar-refractivity contribution in [1.29, 1.82) is 0 Å². The molecule has 0 unspecified atom stereocenters. The van der Waals surface area contributed by atoms with Gasteiger partial charge in [-0.05, 0) is 53.1 Å². The first-order valence-electron chi connectivity index (χ1n) is 9.16. The zero-order valence-corrected chi connectivity index (χ0v) is 17.2. The molecule has 29 heavy (non-hydrogen) atoms. The van der Waals surface area contributed by atoms with Crippen molar-refractivity contribution in [3.05, 3.63) is 65.7 Å². The maximum atomic E-state index is 12.3. The molecule has 9 heteroatoms. The number of rotatable bonds is 6. The molecule has 0 aliphatic carbocycles. The molecule has 0 aliphatic rings. The van der Waals surface area contributed by atoms with Crippen molar-refractivity contribution in [2.45, 2.75) is 37.1 Å². The first kappa shape index (κ1) is 20.5. The molecular formula is C20H22N6O2S. The lowest BCUT2D eigenvalue weighted by Crippen LogP contribution is -2.44. The zero-order chi connectivity index (χ0) is 20.8. The predicted octanol–water partition coefficient (Wildman–Crippen LogP) is 2.73. The third-order valence-electron chi connectivity index (χ3n) is 4.23. The number of aromatic nitrogens is 4. The van der Waals surface area contributed by atoms with Crippen LogP contribution in [0.4, 0.5) is 0 Å². The fourth-order valence-corrected chi connectivity index (χ4v) is 3.32. The minimum atomic E-state index is -0.522. The van der Waals surface area contributed by atoms with E-state index < -0.39 is 5.25 Å². The summed E-state index contributed by atoms with van der Waals surface area (Å²) >= 11 is 1.20. The van der Waals surface area contributed by atoms with Crippen molar-refractivity contribution in [1.82, 2.24) is 31.1 Å². The Kier molecular flexibility index (Phi) is 6.61. The van der Waals surface area contributed by atoms with E-state index in [2.05, 4.69) is 40.2 Å². The summed E-state index contributed by atoms with van der Waals surface area (Å²) in [5.74, 6) is -0.309. The van der Waals surface area contributed by atoms with Gasteiger partial charge in [0.15, 0.2) is 0 Å². The lowest BCUT2D eigenvalue weighted by Gasteiger charge is -2.13. The number of nitrogens with one attached hydrogen (secondary N) is 2. The molecule has 2 amide bonds. The van der Waals surface area contributed by atoms with Crippen LogP contribution in [0.1, 0.15) is 42.6 Å². The molecule has 2 N–H and O–H groups in total. The third kappa shape index (κ3) is 5.20. The maximum absolute atomic E-state index is 12.3. The van der Waals surface area contributed by atoms with Gasteiger partial charge in [0.1, 0.15) is 0 Å². The number of carbonyl (C=O) groups is 2. The van der Waals surface area contributed by atoms with Crippen LogP contribution in [0.25, 0.3) is 5.69 Å². The lowest BCUT2D eigenvalue weighted by atomic mass is 10.0. The second-order valence-corrected chi connectivity index (χ2v) is 8.00. The van der Waals surface area contributed by atoms with Gasteiger partial charge in [0.25, 0.3) is 11.8 Å². The smallest absolute Gasteiger partial charge is 0.269 e. The number of amides is 2. The van der Waals surface area contributed by atoms with Gasteiger partial charge in [-0.25, -0.2) is 0 Å². The summed E-state index contributed by atoms with van der Waals surface area (Å²) in [6.45, 7) is 5.98. The first-order chi connectivity index (χ1) is 14.0. The molecule has 0 bridgehead atoms. The molecule has 1 atom stereocenters. The van der Waals surface area contributed by atoms with Gasteiger partial charge in [-0.15, -0.1) is 5.10 Å². The van der Waals surface area contributed by atoms with Gasteiger partial charge in [0, 0.05) is 5.56 Å². The van der Waals surface area contributed by atoms with Crippen LogP contribution in [0.5, 0.6) is 0 Å². The monoisotopic (exact) mass is 410 g/mol. The quantitative estimate of drug-likeness (QED) is 0.479. The highest BCUT2D eigenvalue weighted by Crippen LogP contribution is 2.24. The molecule has 3 rings (SSSR count). The molecule has 1 aromatic heterocycles. The number of hydrogen-bond acceptors (Lipinski definition) is 6. The lowest BCUT2D eigenvalue weighted by molar-refractivity contribution is -0.121. The van der Waals surface area contributed by atoms with E-state index in [1.807, 2.05) is 30.3 Å². The first-order valence-corrected chi connectivity index (χ1v) is 10.0. The Bertz CT molecular complexity index is 972. The molecular weight excluding hydrogens is 388 g/mol. The highest BCUT2D eigenvalue weighted by Gasteiger charge is 2.20. The second kappa shape index (κ2) is 9.33. The second-order valence-electron chi connectivity index (χ2n) is 6.69. The molecule has 0 aliphatic heterocycles. The summed E-state index contributed by atoms with van der Waals surface area (Å²) in [4.78, 5) is 24.4. The minimum Gasteiger partial charge on any atom is -0.272 e. The van der Waals surface area contributed by atoms with Crippen molar-refractivity contribution >= 4 is 23.6 Å². The fraction of sp³-hybridized carbons (Fsp3) is 0.250. The van der Waals surface area contributed by atoms with Crippen molar-refractivity contribution in [2.75, 3.05) is 0 Å². The molecule has 0 saturated heterocycles. The Morgan fingerprint density at radius 2 is 1.66 bits per heavy atom. The van der Waals surface area contributed by atoms with E-state index in [0.717, 1.165) is 5.69 Å². The Hall–Kier alpha value is -3.20. The molecule has 0 radical (unpaired) electrons. The van der Waals surface area contributed by atoms with E-state index in [9.17, 15) is 9.59 Å². The zero-order valence-electron chi connectivity index (χ0n) is 16.4. The van der Waals surface area contributed by atoms with Crippen LogP contribution >= 0.6 is 11.8 Å². The Labute approximate surface area is 173 Å². The summed E-state index contributed by atoms with van der Waals surface area (Å²) in [6, 6.07) is 16.6. The van der Waals surface area contributed by atoms with Crippen LogP contribution in [0.15, 0.2) is 59.8 Å². The molecule has 0 fully saturated rings. The van der Waals surface area contributed by atoms with E-state index >= 15 is 0 Å². The Morgan fingerprint density at radius 1 is 0.966 bits per heavy atom. The van der Waals surface area contributed by atoms with Crippen LogP contribution in [-0.4, -0.2) is 37.3 Å². The summed E-state index contributed by atoms with van der Waals surface area (Å²) in [6.07, 6.45) is 0. The van der Waals surface area contributed by atoms with Gasteiger partial charge < -0.3 is 0 Å². The standard InChI is InChI=1S/C20H22N6O2S/c1-13(2)15-9-11-17(12-10-15)26-20(23-24-25-26)29-14(3)18(27)21-22-19(28)16-7-5-4-6-8-16/h4-14H,1-3H3,(H,21,27)(H,22,28)/t14-/m1/s1. The Morgan fingerprint density at radius 3 is 2.31 bits per heavy atom. The molecule has 1 heterocycles. The van der Waals surface area contributed by atoms with Gasteiger partial charge in [-0.1, -0.05) is 55.9 Å². The molecule has 150 valence electrons. The van der Waals surface area contributed by atoms with Crippen molar-refractivity contribution in [3.63, 3.8) is 0 Å². The highest BCUT2D eigenvalue weighted by molar-refractivity contribution is 8.00. The number of tetrazole rings is 1. The molecule has 8 nitrogen and oxygen atoms in total. The largest absolute Gasteiger partial charge is 0.272 e. The van der Waals surface area contributed by atoms with Gasteiger partial charge in [0.2, 0.25) is 5.16 Å².